The van der Waals surface area contributed by atoms with E-state index >= 15 is 0 Å². The highest BCUT2D eigenvalue weighted by atomic mass is 79.9. The van der Waals surface area contributed by atoms with Gasteiger partial charge in [0.1, 0.15) is 17.1 Å². The van der Waals surface area contributed by atoms with Crippen molar-refractivity contribution in [1.29, 1.82) is 0 Å². The molecule has 98 valence electrons. The van der Waals surface area contributed by atoms with Crippen molar-refractivity contribution in [3.63, 3.8) is 0 Å². The van der Waals surface area contributed by atoms with E-state index in [-0.39, 0.29) is 0 Å². The Hall–Kier alpha value is -1.81. The fourth-order valence-electron chi connectivity index (χ4n) is 1.63. The van der Waals surface area contributed by atoms with Gasteiger partial charge in [-0.25, -0.2) is 4.79 Å². The summed E-state index contributed by atoms with van der Waals surface area (Å²) in [6, 6.07) is 14.7. The van der Waals surface area contributed by atoms with Crippen LogP contribution in [0.15, 0.2) is 48.5 Å². The number of hydrogen-bond donors (Lipinski definition) is 0. The lowest BCUT2D eigenvalue weighted by Crippen LogP contribution is -2.04. The average molecular weight is 321 g/mol. The Labute approximate surface area is 120 Å². The average Bonchev–Trinajstić information content (AvgIpc) is 2.47. The van der Waals surface area contributed by atoms with Crippen molar-refractivity contribution in [1.82, 2.24) is 0 Å². The first kappa shape index (κ1) is 13.6. The molecule has 0 aliphatic heterocycles. The van der Waals surface area contributed by atoms with Gasteiger partial charge in [-0.1, -0.05) is 40.2 Å². The predicted molar refractivity (Wildman–Crippen MR) is 76.9 cm³/mol. The minimum Gasteiger partial charge on any atom is -0.465 e. The third kappa shape index (κ3) is 3.35. The minimum absolute atomic E-state index is 0.410. The number of methoxy groups -OCH3 is 1. The topological polar surface area (TPSA) is 35.5 Å². The zero-order valence-corrected chi connectivity index (χ0v) is 12.0. The van der Waals surface area contributed by atoms with Crippen molar-refractivity contribution in [3.8, 4) is 11.5 Å². The van der Waals surface area contributed by atoms with E-state index in [1.807, 2.05) is 42.5 Å². The Balaban J connectivity index is 2.38. The maximum atomic E-state index is 11.7. The number of rotatable bonds is 4. The highest BCUT2D eigenvalue weighted by Crippen LogP contribution is 2.27. The molecule has 0 fully saturated rings. The van der Waals surface area contributed by atoms with E-state index in [1.165, 1.54) is 7.11 Å². The molecule has 0 atom stereocenters. The molecule has 0 aliphatic rings. The van der Waals surface area contributed by atoms with Crippen molar-refractivity contribution < 1.29 is 14.3 Å². The molecule has 0 radical (unpaired) electrons. The SMILES string of the molecule is COC(=O)c1ccc(CBr)cc1Oc1ccccc1. The molecule has 0 aliphatic carbocycles. The maximum absolute atomic E-state index is 11.7. The molecule has 0 unspecified atom stereocenters. The molecule has 2 rings (SSSR count). The van der Waals surface area contributed by atoms with Crippen LogP contribution in [0, 0.1) is 0 Å². The molecule has 0 heterocycles. The quantitative estimate of drug-likeness (QED) is 0.626. The molecule has 0 bridgehead atoms. The summed E-state index contributed by atoms with van der Waals surface area (Å²) in [5.41, 5.74) is 1.44. The van der Waals surface area contributed by atoms with Crippen molar-refractivity contribution in [2.75, 3.05) is 7.11 Å². The number of para-hydroxylation sites is 1. The molecule has 0 saturated heterocycles. The third-order valence-corrected chi connectivity index (χ3v) is 3.22. The molecule has 0 aromatic heterocycles. The number of halogens is 1. The first-order valence-electron chi connectivity index (χ1n) is 5.74. The molecule has 0 N–H and O–H groups in total. The standard InChI is InChI=1S/C15H13BrO3/c1-18-15(17)13-8-7-11(10-16)9-14(13)19-12-5-3-2-4-6-12/h2-9H,10H2,1H3. The van der Waals surface area contributed by atoms with Gasteiger partial charge < -0.3 is 9.47 Å². The molecule has 2 aromatic rings. The first-order valence-corrected chi connectivity index (χ1v) is 6.87. The van der Waals surface area contributed by atoms with E-state index in [9.17, 15) is 4.79 Å². The van der Waals surface area contributed by atoms with Crippen LogP contribution < -0.4 is 4.74 Å². The second kappa shape index (κ2) is 6.38. The third-order valence-electron chi connectivity index (χ3n) is 2.58. The first-order chi connectivity index (χ1) is 9.24. The second-order valence-corrected chi connectivity index (χ2v) is 4.43. The summed E-state index contributed by atoms with van der Waals surface area (Å²) in [6.45, 7) is 0. The van der Waals surface area contributed by atoms with Gasteiger partial charge in [0, 0.05) is 5.33 Å². The van der Waals surface area contributed by atoms with Crippen LogP contribution >= 0.6 is 15.9 Å². The van der Waals surface area contributed by atoms with Crippen LogP contribution in [0.2, 0.25) is 0 Å². The van der Waals surface area contributed by atoms with Gasteiger partial charge in [-0.2, -0.15) is 0 Å². The van der Waals surface area contributed by atoms with Gasteiger partial charge in [0.25, 0.3) is 0 Å². The Morgan fingerprint density at radius 2 is 1.89 bits per heavy atom. The van der Waals surface area contributed by atoms with Gasteiger partial charge in [0.15, 0.2) is 0 Å². The maximum Gasteiger partial charge on any atom is 0.341 e. The summed E-state index contributed by atoms with van der Waals surface area (Å²) >= 11 is 3.38. The number of benzene rings is 2. The number of carbonyl (C=O) groups excluding carboxylic acids is 1. The summed E-state index contributed by atoms with van der Waals surface area (Å²) in [7, 11) is 1.35. The largest absolute Gasteiger partial charge is 0.465 e. The molecule has 4 heteroatoms. The van der Waals surface area contributed by atoms with E-state index in [0.29, 0.717) is 22.4 Å². The monoisotopic (exact) mass is 320 g/mol. The second-order valence-electron chi connectivity index (χ2n) is 3.87. The number of alkyl halides is 1. The number of esters is 1. The molecular formula is C15H13BrO3. The zero-order chi connectivity index (χ0) is 13.7. The van der Waals surface area contributed by atoms with Gasteiger partial charge in [0.2, 0.25) is 0 Å². The van der Waals surface area contributed by atoms with Crippen molar-refractivity contribution in [2.24, 2.45) is 0 Å². The van der Waals surface area contributed by atoms with Gasteiger partial charge >= 0.3 is 5.97 Å². The van der Waals surface area contributed by atoms with E-state index in [1.54, 1.807) is 6.07 Å². The smallest absolute Gasteiger partial charge is 0.341 e. The molecule has 0 amide bonds. The Morgan fingerprint density at radius 3 is 2.53 bits per heavy atom. The van der Waals surface area contributed by atoms with Gasteiger partial charge in [0.05, 0.1) is 7.11 Å². The summed E-state index contributed by atoms with van der Waals surface area (Å²) in [4.78, 5) is 11.7. The molecule has 0 spiro atoms. The van der Waals surface area contributed by atoms with Crippen LogP contribution in [0.1, 0.15) is 15.9 Å². The number of hydrogen-bond acceptors (Lipinski definition) is 3. The van der Waals surface area contributed by atoms with Crippen LogP contribution in [0.3, 0.4) is 0 Å². The molecule has 19 heavy (non-hydrogen) atoms. The lowest BCUT2D eigenvalue weighted by Gasteiger charge is -2.11. The Kier molecular flexibility index (Phi) is 4.58. The summed E-state index contributed by atoms with van der Waals surface area (Å²) in [5, 5.41) is 0.694. The van der Waals surface area contributed by atoms with Crippen LogP contribution in [-0.4, -0.2) is 13.1 Å². The van der Waals surface area contributed by atoms with E-state index < -0.39 is 5.97 Å². The summed E-state index contributed by atoms with van der Waals surface area (Å²) in [6.07, 6.45) is 0. The lowest BCUT2D eigenvalue weighted by atomic mass is 10.1. The zero-order valence-electron chi connectivity index (χ0n) is 10.4. The van der Waals surface area contributed by atoms with Crippen LogP contribution in [0.4, 0.5) is 0 Å². The molecule has 3 nitrogen and oxygen atoms in total. The van der Waals surface area contributed by atoms with E-state index in [2.05, 4.69) is 15.9 Å². The van der Waals surface area contributed by atoms with Gasteiger partial charge in [-0.05, 0) is 29.8 Å². The van der Waals surface area contributed by atoms with E-state index in [4.69, 9.17) is 9.47 Å². The minimum atomic E-state index is -0.410. The van der Waals surface area contributed by atoms with Crippen LogP contribution in [0.5, 0.6) is 11.5 Å². The highest BCUT2D eigenvalue weighted by molar-refractivity contribution is 9.08. The number of ether oxygens (including phenoxy) is 2. The molecular weight excluding hydrogens is 308 g/mol. The van der Waals surface area contributed by atoms with Crippen LogP contribution in [-0.2, 0) is 10.1 Å². The van der Waals surface area contributed by atoms with Crippen molar-refractivity contribution >= 4 is 21.9 Å². The van der Waals surface area contributed by atoms with E-state index in [0.717, 1.165) is 5.56 Å². The number of carbonyl (C=O) groups is 1. The molecule has 2 aromatic carbocycles. The van der Waals surface area contributed by atoms with Gasteiger partial charge in [-0.15, -0.1) is 0 Å². The Morgan fingerprint density at radius 1 is 1.16 bits per heavy atom. The predicted octanol–water partition coefficient (Wildman–Crippen LogP) is 4.16. The summed E-state index contributed by atoms with van der Waals surface area (Å²) < 4.78 is 10.5. The van der Waals surface area contributed by atoms with Crippen molar-refractivity contribution in [2.45, 2.75) is 5.33 Å². The molecule has 0 saturated carbocycles. The fraction of sp³-hybridized carbons (Fsp3) is 0.133. The highest BCUT2D eigenvalue weighted by Gasteiger charge is 2.14. The lowest BCUT2D eigenvalue weighted by molar-refractivity contribution is 0.0598. The fourth-order valence-corrected chi connectivity index (χ4v) is 1.98. The van der Waals surface area contributed by atoms with Gasteiger partial charge in [-0.3, -0.25) is 0 Å². The van der Waals surface area contributed by atoms with Crippen LogP contribution in [0.25, 0.3) is 0 Å². The normalized spacial score (nSPS) is 10.0. The Bertz CT molecular complexity index is 567. The summed E-state index contributed by atoms with van der Waals surface area (Å²) in [5.74, 6) is 0.765. The van der Waals surface area contributed by atoms with Crippen molar-refractivity contribution in [3.05, 3.63) is 59.7 Å².